The van der Waals surface area contributed by atoms with E-state index in [9.17, 15) is 0 Å². The van der Waals surface area contributed by atoms with Crippen LogP contribution in [0.1, 0.15) is 18.4 Å². The van der Waals surface area contributed by atoms with E-state index in [0.717, 1.165) is 18.4 Å². The lowest BCUT2D eigenvalue weighted by Gasteiger charge is -2.18. The summed E-state index contributed by atoms with van der Waals surface area (Å²) in [5.74, 6) is 4.80. The second-order valence-corrected chi connectivity index (χ2v) is 4.11. The molecule has 3 nitrogen and oxygen atoms in total. The summed E-state index contributed by atoms with van der Waals surface area (Å²) in [5, 5.41) is 0. The van der Waals surface area contributed by atoms with Crippen molar-refractivity contribution in [2.45, 2.75) is 18.3 Å². The molecule has 90 valence electrons. The van der Waals surface area contributed by atoms with Gasteiger partial charge in [-0.3, -0.25) is 0 Å². The summed E-state index contributed by atoms with van der Waals surface area (Å²) in [6.07, 6.45) is 7.60. The summed E-state index contributed by atoms with van der Waals surface area (Å²) in [6.45, 7) is 0. The van der Waals surface area contributed by atoms with Crippen molar-refractivity contribution in [3.63, 3.8) is 0 Å². The van der Waals surface area contributed by atoms with Crippen LogP contribution >= 0.6 is 0 Å². The smallest absolute Gasteiger partial charge is 0.203 e. The lowest BCUT2D eigenvalue weighted by molar-refractivity contribution is 0.321. The maximum Gasteiger partial charge on any atom is 0.203 e. The van der Waals surface area contributed by atoms with Crippen molar-refractivity contribution in [2.24, 2.45) is 0 Å². The van der Waals surface area contributed by atoms with Gasteiger partial charge in [0.05, 0.1) is 26.7 Å². The predicted molar refractivity (Wildman–Crippen MR) is 65.8 cm³/mol. The third-order valence-corrected chi connectivity index (χ3v) is 3.25. The van der Waals surface area contributed by atoms with Crippen LogP contribution in [0.5, 0.6) is 17.2 Å². The first-order valence-electron chi connectivity index (χ1n) is 5.49. The van der Waals surface area contributed by atoms with Crippen molar-refractivity contribution in [3.8, 4) is 29.6 Å². The summed E-state index contributed by atoms with van der Waals surface area (Å²) in [5.41, 5.74) is 0.838. The minimum Gasteiger partial charge on any atom is -0.493 e. The van der Waals surface area contributed by atoms with Crippen molar-refractivity contribution in [3.05, 3.63) is 17.7 Å². The standard InChI is InChI=1S/C14H16O3/c1-5-14(8-9-14)10-6-7-11(15-2)13(17-4)12(10)16-3/h1,6-7H,8-9H2,2-4H3. The van der Waals surface area contributed by atoms with Gasteiger partial charge < -0.3 is 14.2 Å². The summed E-state index contributed by atoms with van der Waals surface area (Å²) < 4.78 is 16.0. The molecule has 1 aromatic carbocycles. The molecule has 1 aliphatic carbocycles. The highest BCUT2D eigenvalue weighted by Crippen LogP contribution is 2.54. The monoisotopic (exact) mass is 232 g/mol. The van der Waals surface area contributed by atoms with Crippen LogP contribution < -0.4 is 14.2 Å². The number of methoxy groups -OCH3 is 3. The Morgan fingerprint density at radius 2 is 1.71 bits per heavy atom. The van der Waals surface area contributed by atoms with Crippen LogP contribution in [0.15, 0.2) is 12.1 Å². The Balaban J connectivity index is 2.59. The molecule has 1 aromatic rings. The van der Waals surface area contributed by atoms with Crippen molar-refractivity contribution < 1.29 is 14.2 Å². The maximum atomic E-state index is 5.61. The largest absolute Gasteiger partial charge is 0.493 e. The molecule has 0 N–H and O–H groups in total. The molecule has 0 amide bonds. The summed E-state index contributed by atoms with van der Waals surface area (Å²) >= 11 is 0. The van der Waals surface area contributed by atoms with Crippen molar-refractivity contribution in [1.82, 2.24) is 0 Å². The molecule has 0 radical (unpaired) electrons. The third-order valence-electron chi connectivity index (χ3n) is 3.25. The Bertz CT molecular complexity index is 467. The van der Waals surface area contributed by atoms with E-state index in [2.05, 4.69) is 5.92 Å². The average Bonchev–Trinajstić information content (AvgIpc) is 3.17. The molecule has 0 aromatic heterocycles. The quantitative estimate of drug-likeness (QED) is 0.746. The SMILES string of the molecule is C#CC1(c2ccc(OC)c(OC)c2OC)CC1. The van der Waals surface area contributed by atoms with Crippen LogP contribution in [0.3, 0.4) is 0 Å². The molecule has 0 atom stereocenters. The summed E-state index contributed by atoms with van der Waals surface area (Å²) in [7, 11) is 4.82. The fourth-order valence-corrected chi connectivity index (χ4v) is 2.09. The fourth-order valence-electron chi connectivity index (χ4n) is 2.09. The Morgan fingerprint density at radius 3 is 2.12 bits per heavy atom. The minimum absolute atomic E-state index is 0.176. The van der Waals surface area contributed by atoms with Gasteiger partial charge in [0.2, 0.25) is 5.75 Å². The van der Waals surface area contributed by atoms with E-state index in [1.165, 1.54) is 0 Å². The number of benzene rings is 1. The van der Waals surface area contributed by atoms with Crippen LogP contribution in [0.2, 0.25) is 0 Å². The maximum absolute atomic E-state index is 5.61. The molecule has 1 aliphatic rings. The third kappa shape index (κ3) is 1.70. The molecule has 0 aliphatic heterocycles. The molecule has 17 heavy (non-hydrogen) atoms. The highest BCUT2D eigenvalue weighted by Gasteiger charge is 2.45. The Hall–Kier alpha value is -1.82. The molecule has 1 fully saturated rings. The Labute approximate surface area is 102 Å². The van der Waals surface area contributed by atoms with E-state index < -0.39 is 0 Å². The van der Waals surface area contributed by atoms with Gasteiger partial charge in [0.1, 0.15) is 0 Å². The number of hydrogen-bond donors (Lipinski definition) is 0. The highest BCUT2D eigenvalue weighted by molar-refractivity contribution is 5.61. The molecule has 0 saturated heterocycles. The van der Waals surface area contributed by atoms with Gasteiger partial charge in [-0.05, 0) is 25.0 Å². The fraction of sp³-hybridized carbons (Fsp3) is 0.429. The van der Waals surface area contributed by atoms with Gasteiger partial charge in [0.25, 0.3) is 0 Å². The number of rotatable bonds is 4. The first kappa shape index (κ1) is 11.7. The lowest BCUT2D eigenvalue weighted by Crippen LogP contribution is -2.07. The molecule has 3 heteroatoms. The second-order valence-electron chi connectivity index (χ2n) is 4.11. The van der Waals surface area contributed by atoms with E-state index in [1.54, 1.807) is 21.3 Å². The molecule has 2 rings (SSSR count). The van der Waals surface area contributed by atoms with Gasteiger partial charge in [0.15, 0.2) is 11.5 Å². The predicted octanol–water partition coefficient (Wildman–Crippen LogP) is 2.38. The van der Waals surface area contributed by atoms with Crippen LogP contribution in [0, 0.1) is 12.3 Å². The van der Waals surface area contributed by atoms with E-state index in [-0.39, 0.29) is 5.41 Å². The molecule has 0 unspecified atom stereocenters. The van der Waals surface area contributed by atoms with E-state index in [1.807, 2.05) is 12.1 Å². The minimum atomic E-state index is -0.176. The van der Waals surface area contributed by atoms with E-state index >= 15 is 0 Å². The van der Waals surface area contributed by atoms with Gasteiger partial charge >= 0.3 is 0 Å². The first-order chi connectivity index (χ1) is 8.22. The van der Waals surface area contributed by atoms with E-state index in [4.69, 9.17) is 20.6 Å². The van der Waals surface area contributed by atoms with Crippen LogP contribution in [-0.4, -0.2) is 21.3 Å². The summed E-state index contributed by atoms with van der Waals surface area (Å²) in [6, 6.07) is 3.83. The van der Waals surface area contributed by atoms with Crippen LogP contribution in [0.25, 0.3) is 0 Å². The number of terminal acetylenes is 1. The zero-order chi connectivity index (χ0) is 12.5. The molecular weight excluding hydrogens is 216 g/mol. The van der Waals surface area contributed by atoms with Crippen LogP contribution in [0.4, 0.5) is 0 Å². The molecule has 0 heterocycles. The zero-order valence-corrected chi connectivity index (χ0v) is 10.4. The normalized spacial score (nSPS) is 15.9. The lowest BCUT2D eigenvalue weighted by atomic mass is 9.95. The van der Waals surface area contributed by atoms with Crippen molar-refractivity contribution in [1.29, 1.82) is 0 Å². The average molecular weight is 232 g/mol. The van der Waals surface area contributed by atoms with Crippen molar-refractivity contribution in [2.75, 3.05) is 21.3 Å². The first-order valence-corrected chi connectivity index (χ1v) is 5.49. The number of hydrogen-bond acceptors (Lipinski definition) is 3. The van der Waals surface area contributed by atoms with E-state index in [0.29, 0.717) is 17.2 Å². The Kier molecular flexibility index (Phi) is 2.89. The second kappa shape index (κ2) is 4.21. The molecule has 0 spiro atoms. The molecule has 1 saturated carbocycles. The topological polar surface area (TPSA) is 27.7 Å². The zero-order valence-electron chi connectivity index (χ0n) is 10.4. The van der Waals surface area contributed by atoms with Gasteiger partial charge in [-0.2, -0.15) is 0 Å². The van der Waals surface area contributed by atoms with Gasteiger partial charge in [-0.25, -0.2) is 0 Å². The molecule has 0 bridgehead atoms. The van der Waals surface area contributed by atoms with Crippen molar-refractivity contribution >= 4 is 0 Å². The summed E-state index contributed by atoms with van der Waals surface area (Å²) in [4.78, 5) is 0. The van der Waals surface area contributed by atoms with Gasteiger partial charge in [0, 0.05) is 5.56 Å². The number of ether oxygens (including phenoxy) is 3. The van der Waals surface area contributed by atoms with Crippen LogP contribution in [-0.2, 0) is 5.41 Å². The van der Waals surface area contributed by atoms with Gasteiger partial charge in [-0.15, -0.1) is 6.42 Å². The van der Waals surface area contributed by atoms with Gasteiger partial charge in [-0.1, -0.05) is 5.92 Å². The Morgan fingerprint density at radius 1 is 1.06 bits per heavy atom. The molecular formula is C14H16O3. The highest BCUT2D eigenvalue weighted by atomic mass is 16.5.